The van der Waals surface area contributed by atoms with Gasteiger partial charge in [-0.15, -0.1) is 0 Å². The Bertz CT molecular complexity index is 548. The van der Waals surface area contributed by atoms with Gasteiger partial charge in [0.1, 0.15) is 11.5 Å². The van der Waals surface area contributed by atoms with Crippen LogP contribution in [0.2, 0.25) is 10.2 Å². The van der Waals surface area contributed by atoms with Crippen LogP contribution in [0.5, 0.6) is 0 Å². The molecule has 16 heavy (non-hydrogen) atoms. The molecule has 0 fully saturated rings. The Morgan fingerprint density at radius 1 is 1.12 bits per heavy atom. The summed E-state index contributed by atoms with van der Waals surface area (Å²) in [6, 6.07) is 0. The van der Waals surface area contributed by atoms with Crippen LogP contribution >= 0.6 is 23.2 Å². The molecule has 0 N–H and O–H groups in total. The molecule has 6 heteroatoms. The molecule has 0 aromatic carbocycles. The van der Waals surface area contributed by atoms with Gasteiger partial charge in [0.2, 0.25) is 0 Å². The quantitative estimate of drug-likeness (QED) is 0.738. The molecular formula is C10H10Cl2N4. The first kappa shape index (κ1) is 11.4. The monoisotopic (exact) mass is 256 g/mol. The second-order valence-corrected chi connectivity index (χ2v) is 4.25. The van der Waals surface area contributed by atoms with E-state index in [9.17, 15) is 0 Å². The van der Waals surface area contributed by atoms with Gasteiger partial charge >= 0.3 is 0 Å². The lowest BCUT2D eigenvalue weighted by Crippen LogP contribution is -2.05. The van der Waals surface area contributed by atoms with Gasteiger partial charge in [0.25, 0.3) is 0 Å². The third kappa shape index (κ3) is 1.68. The zero-order valence-corrected chi connectivity index (χ0v) is 10.6. The Kier molecular flexibility index (Phi) is 2.86. The Morgan fingerprint density at radius 2 is 1.81 bits per heavy atom. The normalized spacial score (nSPS) is 10.8. The van der Waals surface area contributed by atoms with E-state index < -0.39 is 0 Å². The minimum absolute atomic E-state index is 0.425. The molecule has 0 radical (unpaired) electrons. The molecule has 0 saturated carbocycles. The van der Waals surface area contributed by atoms with E-state index >= 15 is 0 Å². The lowest BCUT2D eigenvalue weighted by atomic mass is 10.3. The second kappa shape index (κ2) is 4.03. The summed E-state index contributed by atoms with van der Waals surface area (Å²) >= 11 is 12.0. The average molecular weight is 257 g/mol. The van der Waals surface area contributed by atoms with Gasteiger partial charge in [-0.1, -0.05) is 23.2 Å². The van der Waals surface area contributed by atoms with Crippen molar-refractivity contribution >= 4 is 23.2 Å². The topological polar surface area (TPSA) is 43.6 Å². The maximum absolute atomic E-state index is 6.08. The highest BCUT2D eigenvalue weighted by atomic mass is 35.5. The van der Waals surface area contributed by atoms with Crippen LogP contribution in [0.3, 0.4) is 0 Å². The van der Waals surface area contributed by atoms with Crippen LogP contribution in [-0.4, -0.2) is 19.7 Å². The Hall–Kier alpha value is -1.13. The molecule has 0 atom stereocenters. The van der Waals surface area contributed by atoms with Crippen LogP contribution in [0, 0.1) is 20.8 Å². The van der Waals surface area contributed by atoms with Crippen LogP contribution in [0.15, 0.2) is 6.33 Å². The van der Waals surface area contributed by atoms with E-state index in [1.54, 1.807) is 4.68 Å². The van der Waals surface area contributed by atoms with Crippen molar-refractivity contribution in [2.24, 2.45) is 0 Å². The van der Waals surface area contributed by atoms with E-state index in [-0.39, 0.29) is 0 Å². The second-order valence-electron chi connectivity index (χ2n) is 3.51. The molecule has 0 unspecified atom stereocenters. The van der Waals surface area contributed by atoms with E-state index in [0.29, 0.717) is 16.0 Å². The smallest absolute Gasteiger partial charge is 0.161 e. The SMILES string of the molecule is Cc1nn(-c2ncnc(Cl)c2C)c(C)c1Cl. The summed E-state index contributed by atoms with van der Waals surface area (Å²) in [6.07, 6.45) is 1.41. The van der Waals surface area contributed by atoms with Crippen molar-refractivity contribution in [3.05, 3.63) is 33.5 Å². The molecule has 2 aromatic heterocycles. The first-order valence-corrected chi connectivity index (χ1v) is 5.47. The summed E-state index contributed by atoms with van der Waals surface area (Å²) in [5.41, 5.74) is 2.40. The molecule has 0 aliphatic heterocycles. The molecule has 2 aromatic rings. The predicted octanol–water partition coefficient (Wildman–Crippen LogP) is 2.89. The van der Waals surface area contributed by atoms with E-state index in [2.05, 4.69) is 15.1 Å². The highest BCUT2D eigenvalue weighted by molar-refractivity contribution is 6.32. The lowest BCUT2D eigenvalue weighted by molar-refractivity contribution is 0.792. The van der Waals surface area contributed by atoms with Gasteiger partial charge in [0.05, 0.1) is 16.4 Å². The Morgan fingerprint density at radius 3 is 2.38 bits per heavy atom. The first-order chi connectivity index (χ1) is 7.52. The average Bonchev–Trinajstić information content (AvgIpc) is 2.50. The van der Waals surface area contributed by atoms with Gasteiger partial charge in [-0.25, -0.2) is 14.6 Å². The lowest BCUT2D eigenvalue weighted by Gasteiger charge is -2.06. The summed E-state index contributed by atoms with van der Waals surface area (Å²) in [6.45, 7) is 5.59. The maximum atomic E-state index is 6.08. The summed E-state index contributed by atoms with van der Waals surface area (Å²) < 4.78 is 1.68. The van der Waals surface area contributed by atoms with Crippen molar-refractivity contribution in [3.8, 4) is 5.82 Å². The molecule has 0 amide bonds. The van der Waals surface area contributed by atoms with Crippen molar-refractivity contribution < 1.29 is 0 Å². The number of rotatable bonds is 1. The maximum Gasteiger partial charge on any atom is 0.161 e. The first-order valence-electron chi connectivity index (χ1n) is 4.71. The standard InChI is InChI=1S/C10H10Cl2N4/c1-5-9(12)13-4-14-10(5)16-7(3)8(11)6(2)15-16/h4H,1-3H3. The molecule has 0 aliphatic rings. The van der Waals surface area contributed by atoms with E-state index in [4.69, 9.17) is 23.2 Å². The van der Waals surface area contributed by atoms with E-state index in [1.807, 2.05) is 20.8 Å². The van der Waals surface area contributed by atoms with Crippen LogP contribution in [0.25, 0.3) is 5.82 Å². The molecule has 2 heterocycles. The zero-order chi connectivity index (χ0) is 11.9. The van der Waals surface area contributed by atoms with E-state index in [0.717, 1.165) is 17.0 Å². The number of halogens is 2. The largest absolute Gasteiger partial charge is 0.224 e. The van der Waals surface area contributed by atoms with Gasteiger partial charge in [-0.05, 0) is 20.8 Å². The van der Waals surface area contributed by atoms with Crippen molar-refractivity contribution in [3.63, 3.8) is 0 Å². The summed E-state index contributed by atoms with van der Waals surface area (Å²) in [5.74, 6) is 0.660. The number of aromatic nitrogens is 4. The molecule has 2 rings (SSSR count). The number of hydrogen-bond donors (Lipinski definition) is 0. The third-order valence-electron chi connectivity index (χ3n) is 2.40. The van der Waals surface area contributed by atoms with Crippen LogP contribution in [-0.2, 0) is 0 Å². The fraction of sp³-hybridized carbons (Fsp3) is 0.300. The molecule has 0 bridgehead atoms. The van der Waals surface area contributed by atoms with Crippen molar-refractivity contribution in [2.45, 2.75) is 20.8 Å². The van der Waals surface area contributed by atoms with Gasteiger partial charge in [-0.3, -0.25) is 0 Å². The van der Waals surface area contributed by atoms with Crippen molar-refractivity contribution in [1.82, 2.24) is 19.7 Å². The van der Waals surface area contributed by atoms with Crippen molar-refractivity contribution in [1.29, 1.82) is 0 Å². The van der Waals surface area contributed by atoms with Gasteiger partial charge in [0, 0.05) is 5.56 Å². The van der Waals surface area contributed by atoms with Crippen LogP contribution in [0.4, 0.5) is 0 Å². The Balaban J connectivity index is 2.68. The molecule has 4 nitrogen and oxygen atoms in total. The highest BCUT2D eigenvalue weighted by Crippen LogP contribution is 2.24. The predicted molar refractivity (Wildman–Crippen MR) is 63.4 cm³/mol. The minimum Gasteiger partial charge on any atom is -0.224 e. The molecule has 0 saturated heterocycles. The van der Waals surface area contributed by atoms with Gasteiger partial charge in [0.15, 0.2) is 5.82 Å². The molecule has 0 spiro atoms. The number of hydrogen-bond acceptors (Lipinski definition) is 3. The van der Waals surface area contributed by atoms with Gasteiger partial charge in [-0.2, -0.15) is 5.10 Å². The van der Waals surface area contributed by atoms with Crippen molar-refractivity contribution in [2.75, 3.05) is 0 Å². The molecular weight excluding hydrogens is 247 g/mol. The molecule has 84 valence electrons. The Labute approximate surface area is 103 Å². The summed E-state index contributed by atoms with van der Waals surface area (Å²) in [4.78, 5) is 8.07. The van der Waals surface area contributed by atoms with E-state index in [1.165, 1.54) is 6.33 Å². The summed E-state index contributed by atoms with van der Waals surface area (Å²) in [7, 11) is 0. The fourth-order valence-corrected chi connectivity index (χ4v) is 1.71. The minimum atomic E-state index is 0.425. The fourth-order valence-electron chi connectivity index (χ4n) is 1.46. The number of nitrogens with zero attached hydrogens (tertiary/aromatic N) is 4. The van der Waals surface area contributed by atoms with Gasteiger partial charge < -0.3 is 0 Å². The van der Waals surface area contributed by atoms with Crippen LogP contribution in [0.1, 0.15) is 17.0 Å². The summed E-state index contributed by atoms with van der Waals surface area (Å²) in [5, 5.41) is 5.39. The molecule has 0 aliphatic carbocycles. The highest BCUT2D eigenvalue weighted by Gasteiger charge is 2.14. The number of aryl methyl sites for hydroxylation is 1. The third-order valence-corrected chi connectivity index (χ3v) is 3.33. The zero-order valence-electron chi connectivity index (χ0n) is 9.12. The van der Waals surface area contributed by atoms with Crippen LogP contribution < -0.4 is 0 Å².